The Morgan fingerprint density at radius 1 is 0.971 bits per heavy atom. The zero-order valence-electron chi connectivity index (χ0n) is 19.1. The molecule has 3 aromatic carbocycles. The number of hydrogen-bond donors (Lipinski definition) is 2. The molecule has 0 radical (unpaired) electrons. The van der Waals surface area contributed by atoms with Crippen LogP contribution in [0.25, 0.3) is 27.6 Å². The number of aromatic amines is 1. The lowest BCUT2D eigenvalue weighted by Gasteiger charge is -2.13. The van der Waals surface area contributed by atoms with E-state index in [-0.39, 0.29) is 17.2 Å². The van der Waals surface area contributed by atoms with Crippen LogP contribution in [0.4, 0.5) is 5.69 Å². The third-order valence-electron chi connectivity index (χ3n) is 5.53. The van der Waals surface area contributed by atoms with Gasteiger partial charge in [-0.05, 0) is 54.6 Å². The van der Waals surface area contributed by atoms with E-state index in [4.69, 9.17) is 14.5 Å². The quantitative estimate of drug-likeness (QED) is 0.257. The van der Waals surface area contributed by atoms with Crippen LogP contribution in [0.5, 0.6) is 11.5 Å². The number of anilines is 1. The number of aromatic nitrogens is 3. The van der Waals surface area contributed by atoms with E-state index in [1.54, 1.807) is 62.8 Å². The molecule has 0 bridgehead atoms. The summed E-state index contributed by atoms with van der Waals surface area (Å²) >= 11 is 1.20. The predicted molar refractivity (Wildman–Crippen MR) is 138 cm³/mol. The highest BCUT2D eigenvalue weighted by molar-refractivity contribution is 7.99. The smallest absolute Gasteiger partial charge is 0.283 e. The summed E-state index contributed by atoms with van der Waals surface area (Å²) in [6.07, 6.45) is 0. The van der Waals surface area contributed by atoms with Crippen LogP contribution < -0.4 is 20.3 Å². The van der Waals surface area contributed by atoms with Gasteiger partial charge in [-0.1, -0.05) is 30.0 Å². The van der Waals surface area contributed by atoms with Crippen LogP contribution in [-0.4, -0.2) is 40.4 Å². The van der Waals surface area contributed by atoms with Crippen molar-refractivity contribution >= 4 is 45.3 Å². The number of benzene rings is 3. The van der Waals surface area contributed by atoms with Crippen molar-refractivity contribution in [2.75, 3.05) is 25.3 Å². The number of carbonyl (C=O) groups is 1. The Bertz CT molecular complexity index is 1570. The van der Waals surface area contributed by atoms with Gasteiger partial charge in [-0.2, -0.15) is 0 Å². The summed E-state index contributed by atoms with van der Waals surface area (Å²) in [6, 6.07) is 21.9. The molecule has 0 aliphatic rings. The van der Waals surface area contributed by atoms with Crippen LogP contribution in [0, 0.1) is 0 Å². The van der Waals surface area contributed by atoms with Gasteiger partial charge in [-0.15, -0.1) is 0 Å². The number of methoxy groups -OCH3 is 2. The molecule has 0 atom stereocenters. The number of hydrogen-bond acceptors (Lipinski definition) is 6. The molecule has 0 unspecified atom stereocenters. The Balaban J connectivity index is 1.52. The Kier molecular flexibility index (Phi) is 6.15. The van der Waals surface area contributed by atoms with Gasteiger partial charge in [0.2, 0.25) is 5.91 Å². The Hall–Kier alpha value is -4.24. The average Bonchev–Trinajstić information content (AvgIpc) is 3.27. The SMILES string of the molecule is COc1ccc(NC(=O)CSc2nc3c([nH]c4ccccc43)c(=O)n2-c2ccc(OC)cc2)cc1. The average molecular weight is 487 g/mol. The number of para-hydroxylation sites is 1. The van der Waals surface area contributed by atoms with E-state index in [0.717, 1.165) is 10.9 Å². The predicted octanol–water partition coefficient (Wildman–Crippen LogP) is 4.62. The molecule has 2 heterocycles. The first-order valence-corrected chi connectivity index (χ1v) is 11.8. The molecule has 0 saturated heterocycles. The normalized spacial score (nSPS) is 11.0. The van der Waals surface area contributed by atoms with Crippen LogP contribution in [-0.2, 0) is 4.79 Å². The molecule has 0 fully saturated rings. The van der Waals surface area contributed by atoms with Gasteiger partial charge in [0.15, 0.2) is 5.16 Å². The second kappa shape index (κ2) is 9.55. The van der Waals surface area contributed by atoms with Crippen LogP contribution in [0.3, 0.4) is 0 Å². The first-order valence-electron chi connectivity index (χ1n) is 10.8. The molecular weight excluding hydrogens is 464 g/mol. The first kappa shape index (κ1) is 22.5. The molecule has 5 rings (SSSR count). The maximum atomic E-state index is 13.6. The van der Waals surface area contributed by atoms with Gasteiger partial charge in [0.1, 0.15) is 22.5 Å². The number of H-pyrrole nitrogens is 1. The van der Waals surface area contributed by atoms with Crippen LogP contribution in [0.1, 0.15) is 0 Å². The molecule has 0 aliphatic carbocycles. The number of nitrogens with zero attached hydrogens (tertiary/aromatic N) is 2. The molecule has 0 spiro atoms. The van der Waals surface area contributed by atoms with Gasteiger partial charge in [0.05, 0.1) is 25.7 Å². The number of ether oxygens (including phenoxy) is 2. The third-order valence-corrected chi connectivity index (χ3v) is 6.47. The van der Waals surface area contributed by atoms with Gasteiger partial charge >= 0.3 is 0 Å². The summed E-state index contributed by atoms with van der Waals surface area (Å²) in [7, 11) is 3.17. The number of fused-ring (bicyclic) bond motifs is 3. The lowest BCUT2D eigenvalue weighted by Crippen LogP contribution is -2.23. The van der Waals surface area contributed by atoms with Crippen LogP contribution in [0.2, 0.25) is 0 Å². The molecule has 8 nitrogen and oxygen atoms in total. The van der Waals surface area contributed by atoms with Crippen molar-refractivity contribution in [2.24, 2.45) is 0 Å². The highest BCUT2D eigenvalue weighted by atomic mass is 32.2. The number of nitrogens with one attached hydrogen (secondary N) is 2. The fraction of sp³-hybridized carbons (Fsp3) is 0.115. The largest absolute Gasteiger partial charge is 0.497 e. The van der Waals surface area contributed by atoms with Crippen molar-refractivity contribution in [3.05, 3.63) is 83.2 Å². The minimum atomic E-state index is -0.241. The molecule has 176 valence electrons. The molecule has 2 N–H and O–H groups in total. The summed E-state index contributed by atoms with van der Waals surface area (Å²) in [5.41, 5.74) is 2.86. The van der Waals surface area contributed by atoms with Gasteiger partial charge < -0.3 is 19.8 Å². The van der Waals surface area contributed by atoms with E-state index in [9.17, 15) is 9.59 Å². The highest BCUT2D eigenvalue weighted by Gasteiger charge is 2.18. The van der Waals surface area contributed by atoms with Crippen molar-refractivity contribution in [1.82, 2.24) is 14.5 Å². The second-order valence-electron chi connectivity index (χ2n) is 7.69. The van der Waals surface area contributed by atoms with E-state index < -0.39 is 0 Å². The monoisotopic (exact) mass is 486 g/mol. The van der Waals surface area contributed by atoms with Crippen molar-refractivity contribution in [3.8, 4) is 17.2 Å². The summed E-state index contributed by atoms with van der Waals surface area (Å²) in [5, 5.41) is 4.13. The summed E-state index contributed by atoms with van der Waals surface area (Å²) in [4.78, 5) is 34.3. The minimum Gasteiger partial charge on any atom is -0.497 e. The standard InChI is InChI=1S/C26H22N4O4S/c1-33-18-11-7-16(8-12-18)27-22(31)15-35-26-29-23-20-5-3-4-6-21(20)28-24(23)25(32)30(26)17-9-13-19(34-2)14-10-17/h3-14,28H,15H2,1-2H3,(H,27,31). The Morgan fingerprint density at radius 2 is 1.63 bits per heavy atom. The molecule has 0 saturated carbocycles. The fourth-order valence-electron chi connectivity index (χ4n) is 3.80. The maximum absolute atomic E-state index is 13.6. The topological polar surface area (TPSA) is 98.2 Å². The minimum absolute atomic E-state index is 0.0719. The van der Waals surface area contributed by atoms with Crippen LogP contribution in [0.15, 0.2) is 82.7 Å². The molecular formula is C26H22N4O4S. The molecule has 1 amide bonds. The van der Waals surface area contributed by atoms with E-state index in [0.29, 0.717) is 39.1 Å². The number of rotatable bonds is 7. The van der Waals surface area contributed by atoms with Crippen molar-refractivity contribution in [1.29, 1.82) is 0 Å². The van der Waals surface area contributed by atoms with E-state index in [1.807, 2.05) is 24.3 Å². The van der Waals surface area contributed by atoms with Crippen molar-refractivity contribution in [3.63, 3.8) is 0 Å². The van der Waals surface area contributed by atoms with E-state index in [1.165, 1.54) is 16.3 Å². The third kappa shape index (κ3) is 4.45. The van der Waals surface area contributed by atoms with Crippen molar-refractivity contribution in [2.45, 2.75) is 5.16 Å². The molecule has 5 aromatic rings. The van der Waals surface area contributed by atoms with Gasteiger partial charge in [0.25, 0.3) is 5.56 Å². The van der Waals surface area contributed by atoms with Crippen LogP contribution >= 0.6 is 11.8 Å². The maximum Gasteiger partial charge on any atom is 0.283 e. The lowest BCUT2D eigenvalue weighted by molar-refractivity contribution is -0.113. The Morgan fingerprint density at radius 3 is 2.31 bits per heavy atom. The molecule has 2 aromatic heterocycles. The molecule has 9 heteroatoms. The van der Waals surface area contributed by atoms with Gasteiger partial charge in [0, 0.05) is 16.6 Å². The summed E-state index contributed by atoms with van der Waals surface area (Å²) in [5.74, 6) is 1.24. The zero-order chi connectivity index (χ0) is 24.4. The van der Waals surface area contributed by atoms with E-state index >= 15 is 0 Å². The van der Waals surface area contributed by atoms with Gasteiger partial charge in [-0.3, -0.25) is 14.2 Å². The van der Waals surface area contributed by atoms with Gasteiger partial charge in [-0.25, -0.2) is 4.98 Å². The van der Waals surface area contributed by atoms with Crippen molar-refractivity contribution < 1.29 is 14.3 Å². The number of carbonyl (C=O) groups excluding carboxylic acids is 1. The van der Waals surface area contributed by atoms with E-state index in [2.05, 4.69) is 10.3 Å². The fourth-order valence-corrected chi connectivity index (χ4v) is 4.61. The first-order chi connectivity index (χ1) is 17.1. The highest BCUT2D eigenvalue weighted by Crippen LogP contribution is 2.27. The lowest BCUT2D eigenvalue weighted by atomic mass is 10.2. The summed E-state index contributed by atoms with van der Waals surface area (Å²) in [6.45, 7) is 0. The zero-order valence-corrected chi connectivity index (χ0v) is 19.9. The second-order valence-corrected chi connectivity index (χ2v) is 8.64. The summed E-state index contributed by atoms with van der Waals surface area (Å²) < 4.78 is 11.9. The molecule has 0 aliphatic heterocycles. The number of amides is 1. The number of thioether (sulfide) groups is 1. The molecule has 35 heavy (non-hydrogen) atoms. The Labute approximate surface area is 204 Å².